The third-order valence-electron chi connectivity index (χ3n) is 5.40. The van der Waals surface area contributed by atoms with Crippen LogP contribution >= 0.6 is 0 Å². The highest BCUT2D eigenvalue weighted by atomic mass is 16.8. The number of hydrogen-bond acceptors (Lipinski definition) is 9. The Kier molecular flexibility index (Phi) is 13.8. The van der Waals surface area contributed by atoms with Crippen molar-refractivity contribution in [1.29, 1.82) is 0 Å². The maximum atomic E-state index is 11.6. The summed E-state index contributed by atoms with van der Waals surface area (Å²) in [6.07, 6.45) is 8.57. The van der Waals surface area contributed by atoms with Crippen LogP contribution in [0.1, 0.15) is 39.5 Å². The van der Waals surface area contributed by atoms with Gasteiger partial charge in [-0.25, -0.2) is 0 Å². The van der Waals surface area contributed by atoms with Gasteiger partial charge in [0, 0.05) is 50.8 Å². The zero-order valence-corrected chi connectivity index (χ0v) is 20.3. The number of rotatable bonds is 19. The SMILES string of the molecule is C/C=C\C(=C/N=CCN(CC(=O)O)[C@@H](CCCCC)CN(CC(=O)O)CC(O)O)C1(OC)CO1. The van der Waals surface area contributed by atoms with E-state index in [0.29, 0.717) is 13.0 Å². The normalized spacial score (nSPS) is 19.7. The Hall–Kier alpha value is -2.15. The first kappa shape index (κ1) is 29.9. The second kappa shape index (κ2) is 15.7. The summed E-state index contributed by atoms with van der Waals surface area (Å²) in [5.41, 5.74) is 0.739. The number of aliphatic hydroxyl groups is 2. The minimum atomic E-state index is -1.70. The largest absolute Gasteiger partial charge is 0.480 e. The van der Waals surface area contributed by atoms with E-state index in [2.05, 4.69) is 11.9 Å². The van der Waals surface area contributed by atoms with Crippen LogP contribution in [0.3, 0.4) is 0 Å². The fourth-order valence-corrected chi connectivity index (χ4v) is 3.66. The van der Waals surface area contributed by atoms with Crippen LogP contribution in [-0.2, 0) is 19.1 Å². The number of allylic oxidation sites excluding steroid dienone is 1. The molecular weight excluding hydrogens is 446 g/mol. The fourth-order valence-electron chi connectivity index (χ4n) is 3.66. The van der Waals surface area contributed by atoms with Crippen molar-refractivity contribution in [3.63, 3.8) is 0 Å². The molecule has 1 saturated heterocycles. The summed E-state index contributed by atoms with van der Waals surface area (Å²) >= 11 is 0. The highest BCUT2D eigenvalue weighted by Crippen LogP contribution is 2.36. The number of aliphatic imine (C=N–C) groups is 1. The molecule has 0 aliphatic carbocycles. The molecule has 0 spiro atoms. The van der Waals surface area contributed by atoms with Crippen molar-refractivity contribution in [1.82, 2.24) is 9.80 Å². The number of epoxide rings is 1. The van der Waals surface area contributed by atoms with Gasteiger partial charge in [-0.3, -0.25) is 24.4 Å². The number of carboxylic acid groups (broad SMARTS) is 2. The van der Waals surface area contributed by atoms with E-state index in [9.17, 15) is 30.0 Å². The maximum absolute atomic E-state index is 11.6. The van der Waals surface area contributed by atoms with Crippen LogP contribution in [0, 0.1) is 0 Å². The van der Waals surface area contributed by atoms with E-state index in [1.807, 2.05) is 19.1 Å². The van der Waals surface area contributed by atoms with Gasteiger partial charge in [-0.05, 0) is 13.3 Å². The molecule has 1 aliphatic heterocycles. The third-order valence-corrected chi connectivity index (χ3v) is 5.40. The Morgan fingerprint density at radius 3 is 2.35 bits per heavy atom. The van der Waals surface area contributed by atoms with Gasteiger partial charge in [-0.2, -0.15) is 0 Å². The highest BCUT2D eigenvalue weighted by Gasteiger charge is 2.48. The molecule has 0 aromatic heterocycles. The summed E-state index contributed by atoms with van der Waals surface area (Å²) < 4.78 is 10.8. The van der Waals surface area contributed by atoms with Crippen LogP contribution in [0.2, 0.25) is 0 Å². The lowest BCUT2D eigenvalue weighted by atomic mass is 10.1. The molecule has 0 bridgehead atoms. The predicted molar refractivity (Wildman–Crippen MR) is 127 cm³/mol. The first-order chi connectivity index (χ1) is 16.2. The molecule has 1 heterocycles. The molecule has 0 amide bonds. The summed E-state index contributed by atoms with van der Waals surface area (Å²) in [6.45, 7) is 3.84. The predicted octanol–water partition coefficient (Wildman–Crippen LogP) is 0.923. The number of carbonyl (C=O) groups is 2. The van der Waals surface area contributed by atoms with Crippen molar-refractivity contribution in [2.75, 3.05) is 46.4 Å². The second-order valence-electron chi connectivity index (χ2n) is 8.20. The quantitative estimate of drug-likeness (QED) is 0.0682. The minimum absolute atomic E-state index is 0.176. The smallest absolute Gasteiger partial charge is 0.317 e. The Labute approximate surface area is 201 Å². The van der Waals surface area contributed by atoms with Crippen molar-refractivity contribution in [3.05, 3.63) is 23.9 Å². The average molecular weight is 486 g/mol. The molecule has 0 aromatic carbocycles. The zero-order valence-electron chi connectivity index (χ0n) is 20.3. The van der Waals surface area contributed by atoms with Crippen LogP contribution in [0.4, 0.5) is 0 Å². The summed E-state index contributed by atoms with van der Waals surface area (Å²) in [5, 5.41) is 37.4. The molecule has 1 aliphatic rings. The Bertz CT molecular complexity index is 719. The topological polar surface area (TPSA) is 156 Å². The van der Waals surface area contributed by atoms with E-state index in [4.69, 9.17) is 9.47 Å². The van der Waals surface area contributed by atoms with Gasteiger partial charge in [0.05, 0.1) is 13.1 Å². The number of nitrogens with zero attached hydrogens (tertiary/aromatic N) is 3. The van der Waals surface area contributed by atoms with Gasteiger partial charge >= 0.3 is 11.9 Å². The number of ether oxygens (including phenoxy) is 2. The molecule has 4 N–H and O–H groups in total. The summed E-state index contributed by atoms with van der Waals surface area (Å²) in [7, 11) is 1.55. The van der Waals surface area contributed by atoms with Gasteiger partial charge in [0.25, 0.3) is 0 Å². The van der Waals surface area contributed by atoms with Crippen molar-refractivity contribution in [3.8, 4) is 0 Å². The van der Waals surface area contributed by atoms with Gasteiger partial charge in [-0.15, -0.1) is 0 Å². The van der Waals surface area contributed by atoms with E-state index in [1.165, 1.54) is 4.90 Å². The second-order valence-corrected chi connectivity index (χ2v) is 8.20. The zero-order chi connectivity index (χ0) is 25.6. The van der Waals surface area contributed by atoms with Crippen molar-refractivity contribution in [2.45, 2.75) is 57.6 Å². The average Bonchev–Trinajstić information content (AvgIpc) is 3.54. The summed E-state index contributed by atoms with van der Waals surface area (Å²) in [5.74, 6) is -2.92. The maximum Gasteiger partial charge on any atom is 0.317 e. The van der Waals surface area contributed by atoms with Crippen molar-refractivity contribution in [2.24, 2.45) is 4.99 Å². The molecule has 0 radical (unpaired) electrons. The molecule has 2 atom stereocenters. The lowest BCUT2D eigenvalue weighted by molar-refractivity contribution is -0.142. The summed E-state index contributed by atoms with van der Waals surface area (Å²) in [6, 6.07) is -0.316. The Morgan fingerprint density at radius 1 is 1.18 bits per heavy atom. The van der Waals surface area contributed by atoms with Crippen molar-refractivity contribution < 1.29 is 39.5 Å². The van der Waals surface area contributed by atoms with Crippen LogP contribution in [0.5, 0.6) is 0 Å². The highest BCUT2D eigenvalue weighted by molar-refractivity contribution is 5.70. The van der Waals surface area contributed by atoms with Gasteiger partial charge < -0.3 is 29.9 Å². The minimum Gasteiger partial charge on any atom is -0.480 e. The lowest BCUT2D eigenvalue weighted by Crippen LogP contribution is -2.49. The van der Waals surface area contributed by atoms with E-state index < -0.39 is 24.0 Å². The van der Waals surface area contributed by atoms with E-state index >= 15 is 0 Å². The summed E-state index contributed by atoms with van der Waals surface area (Å²) in [4.78, 5) is 30.3. The monoisotopic (exact) mass is 485 g/mol. The number of aliphatic hydroxyl groups excluding tert-OH is 1. The molecule has 1 unspecified atom stereocenters. The van der Waals surface area contributed by atoms with Gasteiger partial charge in [-0.1, -0.05) is 38.3 Å². The van der Waals surface area contributed by atoms with E-state index in [-0.39, 0.29) is 38.8 Å². The Morgan fingerprint density at radius 2 is 1.85 bits per heavy atom. The molecule has 0 aromatic rings. The fraction of sp³-hybridized carbons (Fsp3) is 0.696. The molecular formula is C23H39N3O8. The molecule has 1 fully saturated rings. The molecule has 0 saturated carbocycles. The first-order valence-electron chi connectivity index (χ1n) is 11.5. The van der Waals surface area contributed by atoms with E-state index in [1.54, 1.807) is 24.4 Å². The van der Waals surface area contributed by atoms with Crippen LogP contribution < -0.4 is 0 Å². The van der Waals surface area contributed by atoms with Crippen molar-refractivity contribution >= 4 is 18.2 Å². The molecule has 1 rings (SSSR count). The molecule has 34 heavy (non-hydrogen) atoms. The van der Waals surface area contributed by atoms with Crippen LogP contribution in [-0.4, -0.2) is 113 Å². The van der Waals surface area contributed by atoms with Crippen LogP contribution in [0.25, 0.3) is 0 Å². The van der Waals surface area contributed by atoms with Gasteiger partial charge in [0.1, 0.15) is 6.61 Å². The Balaban J connectivity index is 3.04. The lowest BCUT2D eigenvalue weighted by Gasteiger charge is -2.34. The number of carboxylic acids is 2. The first-order valence-corrected chi connectivity index (χ1v) is 11.5. The third kappa shape index (κ3) is 11.3. The molecule has 11 nitrogen and oxygen atoms in total. The number of methoxy groups -OCH3 is 1. The van der Waals surface area contributed by atoms with Gasteiger partial charge in [0.15, 0.2) is 6.29 Å². The molecule has 11 heteroatoms. The number of hydrogen-bond donors (Lipinski definition) is 4. The van der Waals surface area contributed by atoms with Gasteiger partial charge in [0.2, 0.25) is 5.79 Å². The number of unbranched alkanes of at least 4 members (excludes halogenated alkanes) is 2. The molecule has 194 valence electrons. The standard InChI is InChI=1S/C23H39N3O8/c1-4-6-7-9-19(13-25(14-20(27)28)15-21(29)30)26(16-22(31)32)11-10-24-12-18(8-5-2)23(33-3)17-34-23/h5,8,10,12,19-20,27-28H,4,6-7,9,11,13-17H2,1-3H3,(H,29,30)(H,31,32)/b8-5-,18-12+,24-10?/t19-,23?/m0/s1. The number of aliphatic carboxylic acids is 2. The van der Waals surface area contributed by atoms with Crippen LogP contribution in [0.15, 0.2) is 28.9 Å². The van der Waals surface area contributed by atoms with E-state index in [0.717, 1.165) is 24.8 Å².